The van der Waals surface area contributed by atoms with Crippen LogP contribution in [0.1, 0.15) is 16.0 Å². The summed E-state index contributed by atoms with van der Waals surface area (Å²) in [6, 6.07) is 23.4. The molecular weight excluding hydrogens is 545 g/mol. The molecule has 3 aromatic carbocycles. The van der Waals surface area contributed by atoms with Gasteiger partial charge in [0.2, 0.25) is 5.91 Å². The number of aryl methyl sites for hydroxylation is 1. The van der Waals surface area contributed by atoms with Crippen LogP contribution in [0.25, 0.3) is 17.1 Å². The third kappa shape index (κ3) is 6.22. The first-order valence-electron chi connectivity index (χ1n) is 11.4. The van der Waals surface area contributed by atoms with Crippen molar-refractivity contribution >= 4 is 57.3 Å². The summed E-state index contributed by atoms with van der Waals surface area (Å²) in [5, 5.41) is 14.1. The van der Waals surface area contributed by atoms with Crippen LogP contribution >= 0.6 is 46.3 Å². The highest BCUT2D eigenvalue weighted by Crippen LogP contribution is 2.29. The first-order valence-corrected chi connectivity index (χ1v) is 13.9. The molecule has 0 bridgehead atoms. The van der Waals surface area contributed by atoms with Crippen LogP contribution in [0.15, 0.2) is 84.1 Å². The molecule has 0 saturated carbocycles. The lowest BCUT2D eigenvalue weighted by Gasteiger charge is -2.10. The van der Waals surface area contributed by atoms with Gasteiger partial charge in [0, 0.05) is 38.8 Å². The Kier molecular flexibility index (Phi) is 7.90. The van der Waals surface area contributed by atoms with E-state index < -0.39 is 0 Å². The van der Waals surface area contributed by atoms with Gasteiger partial charge in [-0.1, -0.05) is 89.1 Å². The average Bonchev–Trinajstić information content (AvgIpc) is 3.52. The average molecular weight is 567 g/mol. The van der Waals surface area contributed by atoms with Gasteiger partial charge in [-0.2, -0.15) is 0 Å². The summed E-state index contributed by atoms with van der Waals surface area (Å²) in [6.07, 6.45) is 2.36. The van der Waals surface area contributed by atoms with E-state index >= 15 is 0 Å². The third-order valence-corrected chi connectivity index (χ3v) is 7.90. The van der Waals surface area contributed by atoms with E-state index in [0.717, 1.165) is 33.1 Å². The molecule has 10 heteroatoms. The molecule has 6 nitrogen and oxygen atoms in total. The van der Waals surface area contributed by atoms with E-state index in [-0.39, 0.29) is 11.7 Å². The molecule has 2 heterocycles. The Hall–Kier alpha value is -3.17. The Morgan fingerprint density at radius 3 is 2.57 bits per heavy atom. The number of anilines is 1. The van der Waals surface area contributed by atoms with E-state index in [0.29, 0.717) is 26.8 Å². The number of nitrogens with zero attached hydrogens (tertiary/aromatic N) is 4. The Bertz CT molecular complexity index is 1530. The zero-order chi connectivity index (χ0) is 25.8. The largest absolute Gasteiger partial charge is 0.301 e. The van der Waals surface area contributed by atoms with E-state index in [9.17, 15) is 4.79 Å². The molecule has 0 spiro atoms. The lowest BCUT2D eigenvalue weighted by molar-refractivity contribution is -0.113. The van der Waals surface area contributed by atoms with Crippen LogP contribution in [-0.2, 0) is 11.2 Å². The van der Waals surface area contributed by atoms with Crippen LogP contribution in [0.2, 0.25) is 10.0 Å². The summed E-state index contributed by atoms with van der Waals surface area (Å²) in [6.45, 7) is 2.04. The van der Waals surface area contributed by atoms with E-state index in [1.807, 2.05) is 78.2 Å². The normalized spacial score (nSPS) is 11.0. The Balaban J connectivity index is 1.28. The van der Waals surface area contributed by atoms with Gasteiger partial charge in [0.25, 0.3) is 0 Å². The maximum Gasteiger partial charge on any atom is 0.236 e. The highest BCUT2D eigenvalue weighted by Gasteiger charge is 2.18. The minimum absolute atomic E-state index is 0.163. The van der Waals surface area contributed by atoms with E-state index in [2.05, 4.69) is 20.5 Å². The SMILES string of the molecule is Cc1ccc(-n2c(SCC(=O)Nc3ncc(Cc4ccc(Cl)cc4Cl)s3)nnc2-c2ccccc2)cc1. The van der Waals surface area contributed by atoms with Crippen molar-refractivity contribution in [2.75, 3.05) is 11.1 Å². The molecule has 0 radical (unpaired) electrons. The Morgan fingerprint density at radius 1 is 1.03 bits per heavy atom. The zero-order valence-corrected chi connectivity index (χ0v) is 22.8. The number of hydrogen-bond donors (Lipinski definition) is 1. The second kappa shape index (κ2) is 11.5. The number of hydrogen-bond acceptors (Lipinski definition) is 6. The number of carbonyl (C=O) groups excluding carboxylic acids is 1. The van der Waals surface area contributed by atoms with Crippen molar-refractivity contribution < 1.29 is 4.79 Å². The number of rotatable bonds is 8. The van der Waals surface area contributed by atoms with Gasteiger partial charge >= 0.3 is 0 Å². The second-order valence-corrected chi connectivity index (χ2v) is 11.1. The van der Waals surface area contributed by atoms with Gasteiger partial charge in [0.1, 0.15) is 0 Å². The Labute approximate surface area is 232 Å². The highest BCUT2D eigenvalue weighted by atomic mass is 35.5. The summed E-state index contributed by atoms with van der Waals surface area (Å²) in [7, 11) is 0. The second-order valence-electron chi connectivity index (χ2n) is 8.22. The van der Waals surface area contributed by atoms with Gasteiger partial charge in [0.15, 0.2) is 16.1 Å². The predicted octanol–water partition coefficient (Wildman–Crippen LogP) is 7.33. The summed E-state index contributed by atoms with van der Waals surface area (Å²) >= 11 is 15.0. The van der Waals surface area contributed by atoms with Crippen LogP contribution in [0.4, 0.5) is 5.13 Å². The first kappa shape index (κ1) is 25.5. The van der Waals surface area contributed by atoms with Crippen molar-refractivity contribution in [3.05, 3.63) is 105 Å². The molecule has 0 aliphatic carbocycles. The summed E-state index contributed by atoms with van der Waals surface area (Å²) < 4.78 is 1.98. The van der Waals surface area contributed by atoms with Gasteiger partial charge < -0.3 is 5.32 Å². The van der Waals surface area contributed by atoms with Crippen LogP contribution in [0.5, 0.6) is 0 Å². The van der Waals surface area contributed by atoms with Crippen molar-refractivity contribution in [3.63, 3.8) is 0 Å². The third-order valence-electron chi connectivity index (χ3n) is 5.47. The molecule has 37 heavy (non-hydrogen) atoms. The fourth-order valence-corrected chi connectivity index (χ4v) is 5.73. The van der Waals surface area contributed by atoms with Crippen molar-refractivity contribution in [2.24, 2.45) is 0 Å². The fourth-order valence-electron chi connectivity index (χ4n) is 3.65. The molecule has 186 valence electrons. The number of benzene rings is 3. The number of thiazole rings is 1. The predicted molar refractivity (Wildman–Crippen MR) is 152 cm³/mol. The molecule has 2 aromatic heterocycles. The summed E-state index contributed by atoms with van der Waals surface area (Å²) in [5.74, 6) is 0.712. The van der Waals surface area contributed by atoms with Crippen LogP contribution < -0.4 is 5.32 Å². The van der Waals surface area contributed by atoms with Crippen LogP contribution in [0.3, 0.4) is 0 Å². The monoisotopic (exact) mass is 565 g/mol. The minimum Gasteiger partial charge on any atom is -0.301 e. The van der Waals surface area contributed by atoms with E-state index in [1.165, 1.54) is 23.1 Å². The molecule has 0 atom stereocenters. The molecule has 5 aromatic rings. The van der Waals surface area contributed by atoms with Crippen LogP contribution in [-0.4, -0.2) is 31.4 Å². The highest BCUT2D eigenvalue weighted by molar-refractivity contribution is 7.99. The molecule has 0 saturated heterocycles. The number of halogens is 2. The van der Waals surface area contributed by atoms with Crippen molar-refractivity contribution in [2.45, 2.75) is 18.5 Å². The number of amides is 1. The fraction of sp³-hybridized carbons (Fsp3) is 0.111. The molecule has 0 aliphatic rings. The van der Waals surface area contributed by atoms with E-state index in [1.54, 1.807) is 12.3 Å². The minimum atomic E-state index is -0.171. The maximum atomic E-state index is 12.8. The standard InChI is InChI=1S/C27H21Cl2N5OS2/c1-17-7-11-21(12-8-17)34-25(18-5-3-2-4-6-18)32-33-27(34)36-16-24(35)31-26-30-15-22(37-26)13-19-9-10-20(28)14-23(19)29/h2-12,14-15H,13,16H2,1H3,(H,30,31,35). The quantitative estimate of drug-likeness (QED) is 0.199. The van der Waals surface area contributed by atoms with Crippen molar-refractivity contribution in [1.29, 1.82) is 0 Å². The van der Waals surface area contributed by atoms with Gasteiger partial charge in [0.05, 0.1) is 5.75 Å². The molecule has 1 amide bonds. The van der Waals surface area contributed by atoms with Crippen molar-refractivity contribution in [1.82, 2.24) is 19.7 Å². The number of carbonyl (C=O) groups is 1. The number of nitrogens with one attached hydrogen (secondary N) is 1. The number of thioether (sulfide) groups is 1. The lowest BCUT2D eigenvalue weighted by Crippen LogP contribution is -2.14. The maximum absolute atomic E-state index is 12.8. The zero-order valence-electron chi connectivity index (χ0n) is 19.7. The van der Waals surface area contributed by atoms with Gasteiger partial charge in [-0.05, 0) is 36.8 Å². The molecule has 1 N–H and O–H groups in total. The topological polar surface area (TPSA) is 72.7 Å². The van der Waals surface area contributed by atoms with Crippen LogP contribution in [0, 0.1) is 6.92 Å². The van der Waals surface area contributed by atoms with Gasteiger partial charge in [-0.25, -0.2) is 4.98 Å². The number of aromatic nitrogens is 4. The molecule has 0 unspecified atom stereocenters. The van der Waals surface area contributed by atoms with Gasteiger partial charge in [-0.3, -0.25) is 9.36 Å². The smallest absolute Gasteiger partial charge is 0.236 e. The molecule has 5 rings (SSSR count). The van der Waals surface area contributed by atoms with E-state index in [4.69, 9.17) is 23.2 Å². The summed E-state index contributed by atoms with van der Waals surface area (Å²) in [4.78, 5) is 18.1. The Morgan fingerprint density at radius 2 is 1.81 bits per heavy atom. The lowest BCUT2D eigenvalue weighted by atomic mass is 10.1. The molecule has 0 aliphatic heterocycles. The van der Waals surface area contributed by atoms with Crippen molar-refractivity contribution in [3.8, 4) is 17.1 Å². The first-order chi connectivity index (χ1) is 18.0. The summed E-state index contributed by atoms with van der Waals surface area (Å²) in [5.41, 5.74) is 3.99. The molecular formula is C27H21Cl2N5OS2. The van der Waals surface area contributed by atoms with Gasteiger partial charge in [-0.15, -0.1) is 21.5 Å². The molecule has 0 fully saturated rings.